The number of ether oxygens (including phenoxy) is 1. The summed E-state index contributed by atoms with van der Waals surface area (Å²) in [6.45, 7) is 4.94. The molecule has 2 N–H and O–H groups in total. The third kappa shape index (κ3) is 5.96. The van der Waals surface area contributed by atoms with Crippen molar-refractivity contribution in [2.45, 2.75) is 32.9 Å². The second-order valence-corrected chi connectivity index (χ2v) is 4.23. The zero-order chi connectivity index (χ0) is 14.3. The lowest BCUT2D eigenvalue weighted by atomic mass is 10.4. The molecule has 1 aromatic heterocycles. The molecular weight excluding hydrogens is 252 g/mol. The molecule has 0 aliphatic carbocycles. The Morgan fingerprint density at radius 1 is 1.53 bits per heavy atom. The van der Waals surface area contributed by atoms with Crippen LogP contribution in [0.5, 0.6) is 0 Å². The van der Waals surface area contributed by atoms with Gasteiger partial charge in [-0.2, -0.15) is 0 Å². The largest absolute Gasteiger partial charge is 0.476 e. The molecule has 19 heavy (non-hydrogen) atoms. The molecule has 1 heterocycles. The van der Waals surface area contributed by atoms with E-state index in [0.29, 0.717) is 13.2 Å². The van der Waals surface area contributed by atoms with Crippen LogP contribution in [0.25, 0.3) is 0 Å². The summed E-state index contributed by atoms with van der Waals surface area (Å²) in [5.74, 6) is -1.41. The number of carboxylic acid groups (broad SMARTS) is 1. The van der Waals surface area contributed by atoms with Crippen LogP contribution >= 0.6 is 0 Å². The Morgan fingerprint density at radius 2 is 2.26 bits per heavy atom. The summed E-state index contributed by atoms with van der Waals surface area (Å²) in [5, 5.41) is 18.3. The van der Waals surface area contributed by atoms with Crippen molar-refractivity contribution in [3.8, 4) is 0 Å². The van der Waals surface area contributed by atoms with Crippen LogP contribution in [0.2, 0.25) is 0 Å². The molecule has 0 fully saturated rings. The average molecular weight is 270 g/mol. The highest BCUT2D eigenvalue weighted by Gasteiger charge is 2.10. The maximum Gasteiger partial charge on any atom is 0.358 e. The first-order valence-corrected chi connectivity index (χ1v) is 6.00. The Hall–Kier alpha value is -1.96. The van der Waals surface area contributed by atoms with Gasteiger partial charge in [0.1, 0.15) is 6.54 Å². The lowest BCUT2D eigenvalue weighted by molar-refractivity contribution is -0.121. The first-order valence-electron chi connectivity index (χ1n) is 6.00. The van der Waals surface area contributed by atoms with E-state index >= 15 is 0 Å². The van der Waals surface area contributed by atoms with E-state index in [0.717, 1.165) is 6.42 Å². The summed E-state index contributed by atoms with van der Waals surface area (Å²) in [6, 6.07) is 0. The molecule has 0 aromatic carbocycles. The van der Waals surface area contributed by atoms with Crippen molar-refractivity contribution in [1.82, 2.24) is 20.3 Å². The molecule has 0 bridgehead atoms. The molecular formula is C11H18N4O4. The minimum Gasteiger partial charge on any atom is -0.476 e. The minimum atomic E-state index is -1.17. The zero-order valence-corrected chi connectivity index (χ0v) is 11.0. The number of hydrogen-bond donors (Lipinski definition) is 2. The molecule has 8 nitrogen and oxygen atoms in total. The second kappa shape index (κ2) is 7.47. The first kappa shape index (κ1) is 15.1. The summed E-state index contributed by atoms with van der Waals surface area (Å²) >= 11 is 0. The van der Waals surface area contributed by atoms with Crippen LogP contribution in [0.4, 0.5) is 0 Å². The van der Waals surface area contributed by atoms with E-state index in [-0.39, 0.29) is 24.2 Å². The van der Waals surface area contributed by atoms with Gasteiger partial charge < -0.3 is 15.2 Å². The molecule has 0 saturated carbocycles. The number of aromatic carboxylic acids is 1. The topological polar surface area (TPSA) is 106 Å². The molecule has 8 heteroatoms. The molecule has 0 atom stereocenters. The zero-order valence-electron chi connectivity index (χ0n) is 11.0. The predicted molar refractivity (Wildman–Crippen MR) is 65.7 cm³/mol. The van der Waals surface area contributed by atoms with Crippen molar-refractivity contribution in [2.75, 3.05) is 13.2 Å². The Bertz CT molecular complexity index is 430. The van der Waals surface area contributed by atoms with Gasteiger partial charge in [-0.05, 0) is 20.3 Å². The fourth-order valence-corrected chi connectivity index (χ4v) is 1.30. The average Bonchev–Trinajstić information content (AvgIpc) is 2.76. The van der Waals surface area contributed by atoms with Gasteiger partial charge in [-0.3, -0.25) is 4.79 Å². The van der Waals surface area contributed by atoms with E-state index in [1.807, 2.05) is 13.8 Å². The first-order chi connectivity index (χ1) is 8.99. The molecule has 0 unspecified atom stereocenters. The highest BCUT2D eigenvalue weighted by Crippen LogP contribution is 1.93. The van der Waals surface area contributed by atoms with Gasteiger partial charge in [-0.15, -0.1) is 5.10 Å². The fourth-order valence-electron chi connectivity index (χ4n) is 1.30. The van der Waals surface area contributed by atoms with Crippen LogP contribution < -0.4 is 5.32 Å². The van der Waals surface area contributed by atoms with Crippen LogP contribution in [-0.2, 0) is 16.1 Å². The Morgan fingerprint density at radius 3 is 2.84 bits per heavy atom. The molecule has 0 radical (unpaired) electrons. The van der Waals surface area contributed by atoms with Gasteiger partial charge in [-0.1, -0.05) is 5.21 Å². The van der Waals surface area contributed by atoms with E-state index in [1.165, 1.54) is 10.9 Å². The Balaban J connectivity index is 2.21. The number of carbonyl (C=O) groups excluding carboxylic acids is 1. The summed E-state index contributed by atoms with van der Waals surface area (Å²) in [5.41, 5.74) is -0.182. The maximum atomic E-state index is 11.5. The van der Waals surface area contributed by atoms with Crippen molar-refractivity contribution < 1.29 is 19.4 Å². The van der Waals surface area contributed by atoms with Crippen molar-refractivity contribution in [3.63, 3.8) is 0 Å². The SMILES string of the molecule is CC(C)OCCCNC(=O)Cn1cc(C(=O)O)nn1. The summed E-state index contributed by atoms with van der Waals surface area (Å²) in [4.78, 5) is 22.1. The Labute approximate surface area is 110 Å². The van der Waals surface area contributed by atoms with E-state index in [2.05, 4.69) is 15.6 Å². The second-order valence-electron chi connectivity index (χ2n) is 4.23. The number of nitrogens with zero attached hydrogens (tertiary/aromatic N) is 3. The molecule has 1 amide bonds. The third-order valence-corrected chi connectivity index (χ3v) is 2.16. The fraction of sp³-hybridized carbons (Fsp3) is 0.636. The summed E-state index contributed by atoms with van der Waals surface area (Å²) < 4.78 is 6.51. The van der Waals surface area contributed by atoms with E-state index in [9.17, 15) is 9.59 Å². The Kier molecular flexibility index (Phi) is 5.94. The van der Waals surface area contributed by atoms with Gasteiger partial charge in [0.2, 0.25) is 5.91 Å². The molecule has 0 aliphatic rings. The van der Waals surface area contributed by atoms with Gasteiger partial charge >= 0.3 is 5.97 Å². The van der Waals surface area contributed by atoms with E-state index in [1.54, 1.807) is 0 Å². The standard InChI is InChI=1S/C11H18N4O4/c1-8(2)19-5-3-4-12-10(16)7-15-6-9(11(17)18)13-14-15/h6,8H,3-5,7H2,1-2H3,(H,12,16)(H,17,18). The maximum absolute atomic E-state index is 11.5. The number of amides is 1. The van der Waals surface area contributed by atoms with Gasteiger partial charge in [0.05, 0.1) is 12.3 Å². The quantitative estimate of drug-likeness (QED) is 0.639. The number of carbonyl (C=O) groups is 2. The molecule has 0 saturated heterocycles. The van der Waals surface area contributed by atoms with Crippen molar-refractivity contribution >= 4 is 11.9 Å². The van der Waals surface area contributed by atoms with Gasteiger partial charge in [0.25, 0.3) is 0 Å². The summed E-state index contributed by atoms with van der Waals surface area (Å²) in [6.07, 6.45) is 2.12. The van der Waals surface area contributed by atoms with Crippen LogP contribution in [0.1, 0.15) is 30.8 Å². The van der Waals surface area contributed by atoms with Crippen molar-refractivity contribution in [3.05, 3.63) is 11.9 Å². The molecule has 1 aromatic rings. The smallest absolute Gasteiger partial charge is 0.358 e. The number of rotatable bonds is 8. The van der Waals surface area contributed by atoms with Crippen LogP contribution in [-0.4, -0.2) is 51.2 Å². The molecule has 106 valence electrons. The number of hydrogen-bond acceptors (Lipinski definition) is 5. The van der Waals surface area contributed by atoms with E-state index in [4.69, 9.17) is 9.84 Å². The van der Waals surface area contributed by atoms with Crippen LogP contribution in [0.3, 0.4) is 0 Å². The van der Waals surface area contributed by atoms with Crippen molar-refractivity contribution in [2.24, 2.45) is 0 Å². The third-order valence-electron chi connectivity index (χ3n) is 2.16. The van der Waals surface area contributed by atoms with Gasteiger partial charge in [0.15, 0.2) is 5.69 Å². The summed E-state index contributed by atoms with van der Waals surface area (Å²) in [7, 11) is 0. The number of aromatic nitrogens is 3. The highest BCUT2D eigenvalue weighted by atomic mass is 16.5. The van der Waals surface area contributed by atoms with Gasteiger partial charge in [0, 0.05) is 13.2 Å². The predicted octanol–water partition coefficient (Wildman–Crippen LogP) is -0.0924. The monoisotopic (exact) mass is 270 g/mol. The van der Waals surface area contributed by atoms with Gasteiger partial charge in [-0.25, -0.2) is 9.48 Å². The lowest BCUT2D eigenvalue weighted by Gasteiger charge is -2.08. The molecule has 0 aliphatic heterocycles. The van der Waals surface area contributed by atoms with Crippen LogP contribution in [0.15, 0.2) is 6.20 Å². The number of nitrogens with one attached hydrogen (secondary N) is 1. The lowest BCUT2D eigenvalue weighted by Crippen LogP contribution is -2.29. The molecule has 1 rings (SSSR count). The van der Waals surface area contributed by atoms with E-state index < -0.39 is 5.97 Å². The minimum absolute atomic E-state index is 0.0503. The molecule has 0 spiro atoms. The van der Waals surface area contributed by atoms with Crippen LogP contribution in [0, 0.1) is 0 Å². The number of carboxylic acids is 1. The highest BCUT2D eigenvalue weighted by molar-refractivity contribution is 5.84. The van der Waals surface area contributed by atoms with Crippen molar-refractivity contribution in [1.29, 1.82) is 0 Å². The normalized spacial score (nSPS) is 10.7.